The van der Waals surface area contributed by atoms with E-state index in [4.69, 9.17) is 37.9 Å². The molecule has 16 heteroatoms. The van der Waals surface area contributed by atoms with Crippen molar-refractivity contribution < 1.29 is 76.3 Å². The van der Waals surface area contributed by atoms with Crippen molar-refractivity contribution in [3.05, 3.63) is 0 Å². The SMILES string of the molecule is CCC(C)(C)C(=O)OC12CC3(C)CC(CC(C)(C3)C1)C(=O)O2.CCC(C)(C)C(=O)OC12CC3CC(C)(C1)CC(C)(C2)C(=O)CO3.CCC(C)(C)C(=O)OC12CC3CC(C1)OCC(=O)C(C3)C2.CCC(C)(C)C(=O)OC12CC3CC(CC(C3)OC1=O)C2. The fraction of sp³-hybridized carbons (Fsp3) is 0.886. The lowest BCUT2D eigenvalue weighted by Crippen LogP contribution is -2.61. The lowest BCUT2D eigenvalue weighted by Gasteiger charge is -2.59. The first-order chi connectivity index (χ1) is 39.7. The smallest absolute Gasteiger partial charge is 0.350 e. The molecule has 8 heterocycles. The van der Waals surface area contributed by atoms with Gasteiger partial charge in [0.15, 0.2) is 11.6 Å². The summed E-state index contributed by atoms with van der Waals surface area (Å²) in [5, 5.41) is 0. The Morgan fingerprint density at radius 2 is 0.930 bits per heavy atom. The average molecular weight is 1210 g/mol. The van der Waals surface area contributed by atoms with Gasteiger partial charge in [0.2, 0.25) is 5.60 Å². The van der Waals surface area contributed by atoms with Gasteiger partial charge in [-0.2, -0.15) is 0 Å². The molecule has 484 valence electrons. The van der Waals surface area contributed by atoms with Gasteiger partial charge in [0, 0.05) is 49.9 Å². The van der Waals surface area contributed by atoms with Gasteiger partial charge in [-0.3, -0.25) is 33.6 Å². The third-order valence-electron chi connectivity index (χ3n) is 23.7. The summed E-state index contributed by atoms with van der Waals surface area (Å²) >= 11 is 0. The molecule has 12 unspecified atom stereocenters. The molecular formula is C70H108O16. The van der Waals surface area contributed by atoms with Crippen LogP contribution in [0.4, 0.5) is 0 Å². The van der Waals surface area contributed by atoms with Gasteiger partial charge >= 0.3 is 35.8 Å². The average Bonchev–Trinajstić information content (AvgIpc) is 1.18. The molecule has 0 radical (unpaired) electrons. The highest BCUT2D eigenvalue weighted by Gasteiger charge is 2.65. The van der Waals surface area contributed by atoms with Crippen LogP contribution in [0.15, 0.2) is 0 Å². The van der Waals surface area contributed by atoms with Crippen LogP contribution in [0.3, 0.4) is 0 Å². The second kappa shape index (κ2) is 23.1. The molecule has 16 rings (SSSR count). The third kappa shape index (κ3) is 13.6. The van der Waals surface area contributed by atoms with E-state index in [1.54, 1.807) is 0 Å². The fourth-order valence-corrected chi connectivity index (χ4v) is 18.4. The van der Waals surface area contributed by atoms with E-state index in [0.717, 1.165) is 103 Å². The predicted octanol–water partition coefficient (Wildman–Crippen LogP) is 13.2. The Labute approximate surface area is 513 Å². The molecule has 16 nitrogen and oxygen atoms in total. The van der Waals surface area contributed by atoms with Crippen LogP contribution in [0.1, 0.15) is 265 Å². The zero-order valence-electron chi connectivity index (χ0n) is 55.5. The van der Waals surface area contributed by atoms with Gasteiger partial charge in [-0.1, -0.05) is 55.4 Å². The second-order valence-electron chi connectivity index (χ2n) is 34.0. The van der Waals surface area contributed by atoms with E-state index >= 15 is 0 Å². The largest absolute Gasteiger partial charge is 0.459 e. The lowest BCUT2D eigenvalue weighted by atomic mass is 9.51. The Morgan fingerprint density at radius 3 is 1.49 bits per heavy atom. The van der Waals surface area contributed by atoms with E-state index in [-0.39, 0.29) is 107 Å². The Hall–Kier alpha value is -3.92. The first-order valence-electron chi connectivity index (χ1n) is 33.4. The molecule has 8 saturated heterocycles. The molecule has 0 aromatic heterocycles. The molecule has 0 spiro atoms. The van der Waals surface area contributed by atoms with E-state index in [0.29, 0.717) is 69.1 Å². The highest BCUT2D eigenvalue weighted by molar-refractivity contribution is 5.87. The van der Waals surface area contributed by atoms with E-state index in [1.807, 2.05) is 90.0 Å². The van der Waals surface area contributed by atoms with Gasteiger partial charge in [0.05, 0.1) is 39.8 Å². The molecular weight excluding hydrogens is 1100 g/mol. The van der Waals surface area contributed by atoms with Crippen molar-refractivity contribution in [1.29, 1.82) is 0 Å². The maximum absolute atomic E-state index is 12.7. The molecule has 12 atom stereocenters. The predicted molar refractivity (Wildman–Crippen MR) is 319 cm³/mol. The van der Waals surface area contributed by atoms with E-state index in [2.05, 4.69) is 20.8 Å². The maximum Gasteiger partial charge on any atom is 0.350 e. The minimum Gasteiger partial charge on any atom is -0.459 e. The van der Waals surface area contributed by atoms with E-state index in [9.17, 15) is 38.4 Å². The topological polar surface area (TPSA) is 210 Å². The number of ketones is 2. The summed E-state index contributed by atoms with van der Waals surface area (Å²) in [4.78, 5) is 99.9. The molecule has 0 amide bonds. The highest BCUT2D eigenvalue weighted by Crippen LogP contribution is 2.64. The Morgan fingerprint density at radius 1 is 0.453 bits per heavy atom. The molecule has 16 fully saturated rings. The molecule has 16 aliphatic rings. The lowest BCUT2D eigenvalue weighted by molar-refractivity contribution is -0.260. The number of ether oxygens (including phenoxy) is 8. The molecule has 8 saturated carbocycles. The molecule has 8 aliphatic carbocycles. The zero-order chi connectivity index (χ0) is 63.3. The summed E-state index contributed by atoms with van der Waals surface area (Å²) in [6.07, 6.45) is 19.9. The Bertz CT molecular complexity index is 2630. The first kappa shape index (κ1) is 66.5. The molecule has 8 aliphatic heterocycles. The van der Waals surface area contributed by atoms with Crippen LogP contribution in [-0.4, -0.2) is 101 Å². The number of Topliss-reactive ketones (excluding diaryl/α,β-unsaturated/α-hetero) is 2. The number of esters is 6. The Kier molecular flexibility index (Phi) is 17.8. The van der Waals surface area contributed by atoms with Gasteiger partial charge in [-0.15, -0.1) is 0 Å². The van der Waals surface area contributed by atoms with Crippen LogP contribution < -0.4 is 0 Å². The normalized spacial score (nSPS) is 41.4. The third-order valence-corrected chi connectivity index (χ3v) is 23.7. The van der Waals surface area contributed by atoms with Crippen molar-refractivity contribution in [3.63, 3.8) is 0 Å². The minimum absolute atomic E-state index is 0.0162. The highest BCUT2D eigenvalue weighted by atomic mass is 16.7. The maximum atomic E-state index is 12.7. The summed E-state index contributed by atoms with van der Waals surface area (Å²) < 4.78 is 46.8. The zero-order valence-corrected chi connectivity index (χ0v) is 55.5. The fourth-order valence-electron chi connectivity index (χ4n) is 18.4. The van der Waals surface area contributed by atoms with E-state index < -0.39 is 49.7 Å². The number of rotatable bonds is 12. The van der Waals surface area contributed by atoms with Crippen LogP contribution in [0.5, 0.6) is 0 Å². The second-order valence-corrected chi connectivity index (χ2v) is 34.0. The van der Waals surface area contributed by atoms with Crippen LogP contribution in [0.25, 0.3) is 0 Å². The number of fused-ring (bicyclic) bond motifs is 6. The van der Waals surface area contributed by atoms with Gasteiger partial charge in [0.1, 0.15) is 30.5 Å². The number of hydrogen-bond acceptors (Lipinski definition) is 16. The molecule has 0 aromatic rings. The molecule has 0 N–H and O–H groups in total. The molecule has 16 bridgehead atoms. The summed E-state index contributed by atoms with van der Waals surface area (Å²) in [6, 6.07) is 0. The monoisotopic (exact) mass is 1200 g/mol. The van der Waals surface area contributed by atoms with Gasteiger partial charge in [-0.25, -0.2) is 4.79 Å². The van der Waals surface area contributed by atoms with Crippen molar-refractivity contribution in [3.8, 4) is 0 Å². The summed E-state index contributed by atoms with van der Waals surface area (Å²) in [7, 11) is 0. The van der Waals surface area contributed by atoms with Gasteiger partial charge < -0.3 is 37.9 Å². The van der Waals surface area contributed by atoms with Gasteiger partial charge in [-0.05, 0) is 205 Å². The van der Waals surface area contributed by atoms with Crippen molar-refractivity contribution in [2.45, 2.75) is 306 Å². The number of carbonyl (C=O) groups is 8. The van der Waals surface area contributed by atoms with Crippen molar-refractivity contribution in [2.24, 2.45) is 72.9 Å². The van der Waals surface area contributed by atoms with Crippen molar-refractivity contribution >= 4 is 47.4 Å². The Balaban J connectivity index is 0.000000137. The summed E-state index contributed by atoms with van der Waals surface area (Å²) in [5.41, 5.74) is -4.40. The van der Waals surface area contributed by atoms with Crippen molar-refractivity contribution in [1.82, 2.24) is 0 Å². The summed E-state index contributed by atoms with van der Waals surface area (Å²) in [5.74, 6) is -0.562. The first-order valence-corrected chi connectivity index (χ1v) is 33.4. The molecule has 0 aromatic carbocycles. The standard InChI is InChI=1S/C19H30O4.C18H28O4.C17H26O4.C16H24O4/c1-6-16(2,3)15(21)23-19-8-13-7-17(4,11-19)10-18(5,12-19)14(20)9-22-13;1-6-15(2,3)14(20)22-18-10-16(4)7-12(13(19)21-18)8-17(5,9-16)11-18;1-4-16(2,3)15(19)21-17-7-11-5-12(8-17)14(18)10-20-13(6-11)9-17;1-4-15(2,3)13(17)20-16-8-10-5-11(9-16)7-12(6-10)19-14(16)18/h13H,6-12H2,1-5H3;12H,6-11H2,1-5H3;11-13H,4-10H2,1-3H3;10-12H,4-9H2,1-3H3. The quantitative estimate of drug-likeness (QED) is 0.131. The van der Waals surface area contributed by atoms with Crippen LogP contribution in [-0.2, 0) is 76.3 Å². The minimum atomic E-state index is -1.05. The van der Waals surface area contributed by atoms with Crippen LogP contribution in [0.2, 0.25) is 0 Å². The summed E-state index contributed by atoms with van der Waals surface area (Å²) in [6.45, 7) is 32.3. The van der Waals surface area contributed by atoms with Crippen molar-refractivity contribution in [2.75, 3.05) is 13.2 Å². The van der Waals surface area contributed by atoms with Gasteiger partial charge in [0.25, 0.3) is 5.79 Å². The van der Waals surface area contributed by atoms with E-state index in [1.165, 1.54) is 0 Å². The number of hydrogen-bond donors (Lipinski definition) is 0. The number of carbonyl (C=O) groups excluding carboxylic acids is 8. The van der Waals surface area contributed by atoms with Crippen LogP contribution >= 0.6 is 0 Å². The molecule has 86 heavy (non-hydrogen) atoms. The van der Waals surface area contributed by atoms with Crippen LogP contribution in [0, 0.1) is 72.9 Å².